The summed E-state index contributed by atoms with van der Waals surface area (Å²) in [5.41, 5.74) is 9.00. The molecule has 0 atom stereocenters. The second kappa shape index (κ2) is 22.5. The van der Waals surface area contributed by atoms with Crippen LogP contribution in [0.3, 0.4) is 0 Å². The molecule has 0 spiro atoms. The van der Waals surface area contributed by atoms with Gasteiger partial charge in [0, 0.05) is 0 Å². The van der Waals surface area contributed by atoms with Gasteiger partial charge < -0.3 is 25.8 Å². The highest BCUT2D eigenvalue weighted by atomic mass is 31.2. The fourth-order valence-electron chi connectivity index (χ4n) is 0.291. The second-order valence-electron chi connectivity index (χ2n) is 1.44. The summed E-state index contributed by atoms with van der Waals surface area (Å²) in [5, 5.41) is 0. The third-order valence-corrected chi connectivity index (χ3v) is 1.12. The van der Waals surface area contributed by atoms with Gasteiger partial charge >= 0.3 is 8.60 Å². The van der Waals surface area contributed by atoms with Crippen LogP contribution < -0.4 is 11.5 Å². The van der Waals surface area contributed by atoms with Crippen LogP contribution in [0, 0.1) is 0 Å². The molecule has 0 amide bonds. The van der Waals surface area contributed by atoms with Crippen molar-refractivity contribution in [1.82, 2.24) is 0 Å². The van der Waals surface area contributed by atoms with E-state index in [2.05, 4.69) is 16.0 Å². The van der Waals surface area contributed by atoms with Crippen LogP contribution in [0.15, 0.2) is 0 Å². The normalized spacial score (nSPS) is 8.00. The lowest BCUT2D eigenvalue weighted by atomic mass is 10.4. The maximum Gasteiger partial charge on any atom is 0.327 e. The lowest BCUT2D eigenvalue weighted by molar-refractivity contribution is 0.251. The maximum absolute atomic E-state index is 8.18. The zero-order valence-corrected chi connectivity index (χ0v) is 8.92. The van der Waals surface area contributed by atoms with Gasteiger partial charge in [0.15, 0.2) is 0 Å². The van der Waals surface area contributed by atoms with Crippen LogP contribution in [0.2, 0.25) is 0 Å². The van der Waals surface area contributed by atoms with Gasteiger partial charge in [0.05, 0.1) is 6.61 Å². The number of nitrogens with two attached hydrogens (primary N) is 2. The summed E-state index contributed by atoms with van der Waals surface area (Å²) in [6.45, 7) is 2.47. The molecule has 0 aliphatic carbocycles. The van der Waals surface area contributed by atoms with E-state index in [0.717, 1.165) is 12.8 Å². The van der Waals surface area contributed by atoms with Gasteiger partial charge in [0.2, 0.25) is 0 Å². The minimum Gasteiger partial charge on any atom is -0.333 e. The number of unbranched alkanes of at least 4 members (excludes halogenated alkanes) is 1. The first-order chi connectivity index (χ1) is 5.77. The Bertz CT molecular complexity index is 58.1. The Morgan fingerprint density at radius 3 is 1.83 bits per heavy atom. The molecule has 0 aromatic rings. The number of hydrogen-bond donors (Lipinski definition) is 4. The van der Waals surface area contributed by atoms with E-state index in [4.69, 9.17) is 9.79 Å². The van der Waals surface area contributed by atoms with Crippen molar-refractivity contribution in [2.24, 2.45) is 11.5 Å². The zero-order valence-electron chi connectivity index (χ0n) is 8.03. The molecule has 0 rings (SSSR count). The average molecular weight is 200 g/mol. The van der Waals surface area contributed by atoms with Crippen molar-refractivity contribution in [3.05, 3.63) is 0 Å². The molecule has 0 aromatic carbocycles. The minimum atomic E-state index is -2.11. The molecule has 6 N–H and O–H groups in total. The van der Waals surface area contributed by atoms with Gasteiger partial charge in [-0.15, -0.1) is 0 Å². The molecular weight excluding hydrogens is 179 g/mol. The Kier molecular flexibility index (Phi) is 33.9. The zero-order chi connectivity index (χ0) is 10.4. The molecule has 5 nitrogen and oxygen atoms in total. The fourth-order valence-corrected chi connectivity index (χ4v) is 0.583. The number of hydrogen-bond acceptors (Lipinski definition) is 5. The van der Waals surface area contributed by atoms with E-state index in [1.54, 1.807) is 0 Å². The Hall–Kier alpha value is 0.230. The SMILES string of the molecule is CCCCOP(O)O.CN.CN. The lowest BCUT2D eigenvalue weighted by Gasteiger charge is -1.99. The van der Waals surface area contributed by atoms with Crippen LogP contribution in [0.25, 0.3) is 0 Å². The molecule has 0 radical (unpaired) electrons. The Labute approximate surface area is 75.7 Å². The van der Waals surface area contributed by atoms with Crippen molar-refractivity contribution in [2.45, 2.75) is 19.8 Å². The predicted molar refractivity (Wildman–Crippen MR) is 52.4 cm³/mol. The molecule has 0 saturated heterocycles. The largest absolute Gasteiger partial charge is 0.333 e. The molecule has 0 heterocycles. The molecule has 0 saturated carbocycles. The highest BCUT2D eigenvalue weighted by Gasteiger charge is 1.95. The van der Waals surface area contributed by atoms with E-state index in [-0.39, 0.29) is 0 Å². The Morgan fingerprint density at radius 1 is 1.17 bits per heavy atom. The van der Waals surface area contributed by atoms with Crippen molar-refractivity contribution in [3.8, 4) is 0 Å². The third-order valence-electron chi connectivity index (χ3n) is 0.705. The highest BCUT2D eigenvalue weighted by Crippen LogP contribution is 2.23. The Balaban J connectivity index is -0.000000175. The first-order valence-electron chi connectivity index (χ1n) is 3.73. The molecule has 0 aromatic heterocycles. The molecular formula is C6H21N2O3P. The Morgan fingerprint density at radius 2 is 1.58 bits per heavy atom. The summed E-state index contributed by atoms with van der Waals surface area (Å²) in [5.74, 6) is 0. The van der Waals surface area contributed by atoms with E-state index in [0.29, 0.717) is 6.61 Å². The molecule has 0 aliphatic heterocycles. The van der Waals surface area contributed by atoms with Crippen LogP contribution in [-0.4, -0.2) is 30.5 Å². The predicted octanol–water partition coefficient (Wildman–Crippen LogP) is 0.164. The fraction of sp³-hybridized carbons (Fsp3) is 1.00. The monoisotopic (exact) mass is 200 g/mol. The van der Waals surface area contributed by atoms with Crippen LogP contribution in [-0.2, 0) is 4.52 Å². The van der Waals surface area contributed by atoms with Gasteiger partial charge in [-0.05, 0) is 20.5 Å². The summed E-state index contributed by atoms with van der Waals surface area (Å²) in [7, 11) is 0.888. The summed E-state index contributed by atoms with van der Waals surface area (Å²) >= 11 is 0. The third kappa shape index (κ3) is 31.9. The molecule has 0 fully saturated rings. The van der Waals surface area contributed by atoms with Crippen LogP contribution in [0.4, 0.5) is 0 Å². The van der Waals surface area contributed by atoms with Gasteiger partial charge in [-0.2, -0.15) is 0 Å². The van der Waals surface area contributed by atoms with Crippen molar-refractivity contribution >= 4 is 8.60 Å². The topological polar surface area (TPSA) is 102 Å². The quantitative estimate of drug-likeness (QED) is 0.382. The average Bonchev–Trinajstić information content (AvgIpc) is 2.12. The van der Waals surface area contributed by atoms with Gasteiger partial charge in [0.25, 0.3) is 0 Å². The van der Waals surface area contributed by atoms with Crippen LogP contribution >= 0.6 is 8.60 Å². The molecule has 0 bridgehead atoms. The van der Waals surface area contributed by atoms with E-state index in [1.807, 2.05) is 6.92 Å². The van der Waals surface area contributed by atoms with Gasteiger partial charge in [-0.3, -0.25) is 0 Å². The molecule has 0 aliphatic rings. The van der Waals surface area contributed by atoms with Crippen LogP contribution in [0.5, 0.6) is 0 Å². The van der Waals surface area contributed by atoms with Gasteiger partial charge in [0.1, 0.15) is 0 Å². The second-order valence-corrected chi connectivity index (χ2v) is 2.20. The molecule has 12 heavy (non-hydrogen) atoms. The molecule has 78 valence electrons. The van der Waals surface area contributed by atoms with Crippen molar-refractivity contribution in [1.29, 1.82) is 0 Å². The van der Waals surface area contributed by atoms with Crippen molar-refractivity contribution in [2.75, 3.05) is 20.7 Å². The van der Waals surface area contributed by atoms with Crippen molar-refractivity contribution < 1.29 is 14.3 Å². The summed E-state index contributed by atoms with van der Waals surface area (Å²) < 4.78 is 4.46. The first-order valence-corrected chi connectivity index (χ1v) is 4.90. The summed E-state index contributed by atoms with van der Waals surface area (Å²) in [6.07, 6.45) is 1.91. The lowest BCUT2D eigenvalue weighted by Crippen LogP contribution is -1.86. The molecule has 0 unspecified atom stereocenters. The standard InChI is InChI=1S/C4H11O3P.2CH5N/c1-2-3-4-7-8(5)6;2*1-2/h5-6H,2-4H2,1H3;2*2H2,1H3. The van der Waals surface area contributed by atoms with Gasteiger partial charge in [-0.25, -0.2) is 0 Å². The highest BCUT2D eigenvalue weighted by molar-refractivity contribution is 7.39. The minimum absolute atomic E-state index is 0.454. The van der Waals surface area contributed by atoms with E-state index < -0.39 is 8.60 Å². The summed E-state index contributed by atoms with van der Waals surface area (Å²) in [6, 6.07) is 0. The first kappa shape index (κ1) is 18.1. The van der Waals surface area contributed by atoms with E-state index in [9.17, 15) is 0 Å². The smallest absolute Gasteiger partial charge is 0.327 e. The van der Waals surface area contributed by atoms with Crippen LogP contribution in [0.1, 0.15) is 19.8 Å². The molecule has 6 heteroatoms. The van der Waals surface area contributed by atoms with E-state index in [1.165, 1.54) is 14.1 Å². The maximum atomic E-state index is 8.18. The van der Waals surface area contributed by atoms with Crippen molar-refractivity contribution in [3.63, 3.8) is 0 Å². The number of rotatable bonds is 4. The van der Waals surface area contributed by atoms with E-state index >= 15 is 0 Å². The van der Waals surface area contributed by atoms with Gasteiger partial charge in [-0.1, -0.05) is 13.3 Å². The summed E-state index contributed by atoms with van der Waals surface area (Å²) in [4.78, 5) is 16.4.